The summed E-state index contributed by atoms with van der Waals surface area (Å²) in [7, 11) is 1.55. The van der Waals surface area contributed by atoms with Crippen LogP contribution in [0.15, 0.2) is 42.6 Å². The molecule has 2 aromatic rings. The van der Waals surface area contributed by atoms with E-state index in [1.807, 2.05) is 12.1 Å². The van der Waals surface area contributed by atoms with Gasteiger partial charge in [0.1, 0.15) is 11.9 Å². The number of rotatable bonds is 4. The van der Waals surface area contributed by atoms with Gasteiger partial charge in [0.25, 0.3) is 0 Å². The fourth-order valence-corrected chi connectivity index (χ4v) is 2.74. The quantitative estimate of drug-likeness (QED) is 0.920. The lowest BCUT2D eigenvalue weighted by atomic mass is 10.3. The van der Waals surface area contributed by atoms with Crippen molar-refractivity contribution in [3.05, 3.63) is 47.6 Å². The Morgan fingerprint density at radius 2 is 2.25 bits per heavy atom. The molecule has 1 aliphatic heterocycles. The Morgan fingerprint density at radius 3 is 3.00 bits per heavy atom. The number of nitrogens with zero attached hydrogens (tertiary/aromatic N) is 2. The number of hydrogen-bond donors (Lipinski definition) is 1. The molecule has 1 fully saturated rings. The summed E-state index contributed by atoms with van der Waals surface area (Å²) in [6.07, 6.45) is 2.38. The number of hydrogen-bond acceptors (Lipinski definition) is 4. The number of carbonyl (C=O) groups excluding carboxylic acids is 1. The molecule has 0 bridgehead atoms. The summed E-state index contributed by atoms with van der Waals surface area (Å²) in [5, 5.41) is 3.37. The Balaban J connectivity index is 1.60. The van der Waals surface area contributed by atoms with E-state index in [2.05, 4.69) is 10.3 Å². The van der Waals surface area contributed by atoms with E-state index >= 15 is 0 Å². The zero-order valence-corrected chi connectivity index (χ0v) is 14.0. The molecule has 1 aromatic carbocycles. The SMILES string of the molecule is COc1ccc(Cl)cc1NC(=O)N1CCC(Oc2ccccn2)C1. The van der Waals surface area contributed by atoms with Crippen LogP contribution in [0.2, 0.25) is 5.02 Å². The minimum absolute atomic E-state index is 0.0630. The molecular weight excluding hydrogens is 330 g/mol. The number of ether oxygens (including phenoxy) is 2. The molecule has 0 radical (unpaired) electrons. The van der Waals surface area contributed by atoms with Crippen LogP contribution in [0.3, 0.4) is 0 Å². The lowest BCUT2D eigenvalue weighted by molar-refractivity contribution is 0.190. The summed E-state index contributed by atoms with van der Waals surface area (Å²) in [5.74, 6) is 1.13. The number of pyridine rings is 1. The molecule has 0 saturated carbocycles. The zero-order chi connectivity index (χ0) is 16.9. The fourth-order valence-electron chi connectivity index (χ4n) is 2.57. The molecule has 126 valence electrons. The molecule has 1 unspecified atom stereocenters. The summed E-state index contributed by atoms with van der Waals surface area (Å²) < 4.78 is 11.0. The third-order valence-electron chi connectivity index (χ3n) is 3.76. The highest BCUT2D eigenvalue weighted by molar-refractivity contribution is 6.31. The first kappa shape index (κ1) is 16.4. The van der Waals surface area contributed by atoms with E-state index in [0.29, 0.717) is 35.4 Å². The van der Waals surface area contributed by atoms with Crippen molar-refractivity contribution in [2.24, 2.45) is 0 Å². The van der Waals surface area contributed by atoms with Crippen LogP contribution >= 0.6 is 11.6 Å². The lowest BCUT2D eigenvalue weighted by Gasteiger charge is -2.19. The topological polar surface area (TPSA) is 63.7 Å². The number of amides is 2. The number of halogens is 1. The Bertz CT molecular complexity index is 711. The lowest BCUT2D eigenvalue weighted by Crippen LogP contribution is -2.34. The second kappa shape index (κ2) is 7.40. The van der Waals surface area contributed by atoms with Gasteiger partial charge in [0.15, 0.2) is 0 Å². The smallest absolute Gasteiger partial charge is 0.322 e. The molecule has 1 atom stereocenters. The summed E-state index contributed by atoms with van der Waals surface area (Å²) in [6.45, 7) is 1.12. The minimum Gasteiger partial charge on any atom is -0.495 e. The van der Waals surface area contributed by atoms with Gasteiger partial charge in [-0.05, 0) is 24.3 Å². The Hall–Kier alpha value is -2.47. The molecule has 1 aromatic heterocycles. The molecule has 24 heavy (non-hydrogen) atoms. The Kier molecular flexibility index (Phi) is 5.05. The van der Waals surface area contributed by atoms with Crippen molar-refractivity contribution in [3.63, 3.8) is 0 Å². The second-order valence-corrected chi connectivity index (χ2v) is 5.85. The van der Waals surface area contributed by atoms with Crippen LogP contribution in [0.1, 0.15) is 6.42 Å². The first-order valence-electron chi connectivity index (χ1n) is 7.63. The summed E-state index contributed by atoms with van der Waals surface area (Å²) >= 11 is 5.98. The van der Waals surface area contributed by atoms with Crippen LogP contribution in [0.25, 0.3) is 0 Å². The van der Waals surface area contributed by atoms with E-state index in [4.69, 9.17) is 21.1 Å². The van der Waals surface area contributed by atoms with Crippen LogP contribution in [0, 0.1) is 0 Å². The second-order valence-electron chi connectivity index (χ2n) is 5.42. The van der Waals surface area contributed by atoms with Crippen molar-refractivity contribution < 1.29 is 14.3 Å². The van der Waals surface area contributed by atoms with Crippen LogP contribution in [0.4, 0.5) is 10.5 Å². The molecule has 2 heterocycles. The molecular formula is C17H18ClN3O3. The zero-order valence-electron chi connectivity index (χ0n) is 13.2. The summed E-state index contributed by atoms with van der Waals surface area (Å²) in [4.78, 5) is 18.3. The molecule has 1 N–H and O–H groups in total. The number of likely N-dealkylation sites (tertiary alicyclic amines) is 1. The van der Waals surface area contributed by atoms with Gasteiger partial charge in [0, 0.05) is 30.3 Å². The third kappa shape index (κ3) is 3.89. The highest BCUT2D eigenvalue weighted by Crippen LogP contribution is 2.28. The van der Waals surface area contributed by atoms with Gasteiger partial charge in [0.2, 0.25) is 5.88 Å². The van der Waals surface area contributed by atoms with Crippen molar-refractivity contribution in [2.45, 2.75) is 12.5 Å². The monoisotopic (exact) mass is 347 g/mol. The maximum atomic E-state index is 12.4. The molecule has 7 heteroatoms. The highest BCUT2D eigenvalue weighted by atomic mass is 35.5. The van der Waals surface area contributed by atoms with E-state index in [0.717, 1.165) is 6.42 Å². The molecule has 0 spiro atoms. The van der Waals surface area contributed by atoms with Crippen LogP contribution in [-0.2, 0) is 0 Å². The largest absolute Gasteiger partial charge is 0.495 e. The molecule has 3 rings (SSSR count). The van der Waals surface area contributed by atoms with E-state index in [1.165, 1.54) is 0 Å². The van der Waals surface area contributed by atoms with Crippen molar-refractivity contribution in [1.29, 1.82) is 0 Å². The van der Waals surface area contributed by atoms with Crippen molar-refractivity contribution >= 4 is 23.3 Å². The van der Waals surface area contributed by atoms with E-state index in [9.17, 15) is 4.79 Å². The molecule has 1 saturated heterocycles. The number of nitrogens with one attached hydrogen (secondary N) is 1. The summed E-state index contributed by atoms with van der Waals surface area (Å²) in [6, 6.07) is 10.4. The van der Waals surface area contributed by atoms with Gasteiger partial charge in [-0.2, -0.15) is 0 Å². The maximum absolute atomic E-state index is 12.4. The maximum Gasteiger partial charge on any atom is 0.322 e. The third-order valence-corrected chi connectivity index (χ3v) is 4.00. The number of aromatic nitrogens is 1. The molecule has 1 aliphatic rings. The van der Waals surface area contributed by atoms with Gasteiger partial charge in [-0.15, -0.1) is 0 Å². The van der Waals surface area contributed by atoms with Crippen LogP contribution in [0.5, 0.6) is 11.6 Å². The Morgan fingerprint density at radius 1 is 1.38 bits per heavy atom. The van der Waals surface area contributed by atoms with Gasteiger partial charge >= 0.3 is 6.03 Å². The number of methoxy groups -OCH3 is 1. The number of anilines is 1. The van der Waals surface area contributed by atoms with Crippen molar-refractivity contribution in [2.75, 3.05) is 25.5 Å². The normalized spacial score (nSPS) is 16.8. The van der Waals surface area contributed by atoms with Gasteiger partial charge in [-0.25, -0.2) is 9.78 Å². The van der Waals surface area contributed by atoms with Crippen molar-refractivity contribution in [1.82, 2.24) is 9.88 Å². The fraction of sp³-hybridized carbons (Fsp3) is 0.294. The predicted molar refractivity (Wildman–Crippen MR) is 91.9 cm³/mol. The highest BCUT2D eigenvalue weighted by Gasteiger charge is 2.28. The molecule has 2 amide bonds. The Labute approximate surface area is 145 Å². The van der Waals surface area contributed by atoms with Crippen LogP contribution in [-0.4, -0.2) is 42.2 Å². The number of urea groups is 1. The number of carbonyl (C=O) groups is 1. The molecule has 0 aliphatic carbocycles. The summed E-state index contributed by atoms with van der Waals surface area (Å²) in [5.41, 5.74) is 0.545. The molecule has 6 nitrogen and oxygen atoms in total. The van der Waals surface area contributed by atoms with Gasteiger partial charge < -0.3 is 19.7 Å². The van der Waals surface area contributed by atoms with E-state index in [-0.39, 0.29) is 12.1 Å². The van der Waals surface area contributed by atoms with Gasteiger partial charge in [-0.3, -0.25) is 0 Å². The predicted octanol–water partition coefficient (Wildman–Crippen LogP) is 3.43. The van der Waals surface area contributed by atoms with Gasteiger partial charge in [0.05, 0.1) is 19.3 Å². The standard InChI is InChI=1S/C17H18ClN3O3/c1-23-15-6-5-12(18)10-14(15)20-17(22)21-9-7-13(11-21)24-16-4-2-3-8-19-16/h2-6,8,10,13H,7,9,11H2,1H3,(H,20,22). The van der Waals surface area contributed by atoms with E-state index in [1.54, 1.807) is 42.5 Å². The van der Waals surface area contributed by atoms with Gasteiger partial charge in [-0.1, -0.05) is 17.7 Å². The minimum atomic E-state index is -0.206. The average molecular weight is 348 g/mol. The first-order valence-corrected chi connectivity index (χ1v) is 8.00. The van der Waals surface area contributed by atoms with Crippen LogP contribution < -0.4 is 14.8 Å². The average Bonchev–Trinajstić information content (AvgIpc) is 3.05. The first-order chi connectivity index (χ1) is 11.7. The van der Waals surface area contributed by atoms with E-state index < -0.39 is 0 Å². The number of benzene rings is 1. The van der Waals surface area contributed by atoms with Crippen molar-refractivity contribution in [3.8, 4) is 11.6 Å².